The maximum absolute atomic E-state index is 12.2. The van der Waals surface area contributed by atoms with Crippen LogP contribution in [-0.2, 0) is 19.1 Å². The predicted octanol–water partition coefficient (Wildman–Crippen LogP) is 13.5. The van der Waals surface area contributed by atoms with Crippen molar-refractivity contribution in [3.8, 4) is 47.4 Å². The molecular formula is C52H88NO4+. The summed E-state index contributed by atoms with van der Waals surface area (Å²) in [4.78, 5) is 24.4. The largest absolute Gasteiger partial charge is 0.460 e. The normalized spacial score (nSPS) is 10.6. The molecule has 0 saturated heterocycles. The molecule has 0 radical (unpaired) electrons. The molecule has 324 valence electrons. The van der Waals surface area contributed by atoms with E-state index >= 15 is 0 Å². The SMILES string of the molecule is CCCCCCCCCCC#CC#CCCCCCCCCC(=O)OCC[N+](C)(C)CCOC(=O)CCCCCCCCC#CC#CCCCCCCCCCC. The van der Waals surface area contributed by atoms with Crippen molar-refractivity contribution in [2.24, 2.45) is 0 Å². The molecular weight excluding hydrogens is 703 g/mol. The topological polar surface area (TPSA) is 52.6 Å². The van der Waals surface area contributed by atoms with Gasteiger partial charge in [0.1, 0.15) is 26.3 Å². The van der Waals surface area contributed by atoms with Crippen molar-refractivity contribution in [3.63, 3.8) is 0 Å². The van der Waals surface area contributed by atoms with Crippen LogP contribution in [0.3, 0.4) is 0 Å². The number of unbranched alkanes of at least 4 members (excludes halogenated alkanes) is 28. The number of nitrogens with zero attached hydrogens (tertiary/aromatic N) is 1. The lowest BCUT2D eigenvalue weighted by molar-refractivity contribution is -0.890. The number of carbonyl (C=O) groups is 2. The Labute approximate surface area is 354 Å². The minimum Gasteiger partial charge on any atom is -0.460 e. The standard InChI is InChI=1S/C52H88NO4/c1-5-7-9-11-13-15-17-19-21-23-25-27-29-31-33-35-37-39-41-43-45-51(54)56-49-47-53(3,4)48-50-57-52(55)46-44-42-40-38-36-34-32-30-28-26-24-22-20-18-16-14-12-10-8-6-2/h5-22,31-50H2,1-4H3/q+1. The van der Waals surface area contributed by atoms with Crippen LogP contribution >= 0.6 is 0 Å². The highest BCUT2D eigenvalue weighted by atomic mass is 16.5. The van der Waals surface area contributed by atoms with Crippen LogP contribution < -0.4 is 0 Å². The Morgan fingerprint density at radius 2 is 0.614 bits per heavy atom. The van der Waals surface area contributed by atoms with Gasteiger partial charge in [0.25, 0.3) is 0 Å². The average Bonchev–Trinajstić information content (AvgIpc) is 3.19. The van der Waals surface area contributed by atoms with Crippen LogP contribution in [0.4, 0.5) is 0 Å². The lowest BCUT2D eigenvalue weighted by atomic mass is 10.1. The van der Waals surface area contributed by atoms with Gasteiger partial charge >= 0.3 is 11.9 Å². The Hall–Kier alpha value is -2.86. The maximum Gasteiger partial charge on any atom is 0.305 e. The van der Waals surface area contributed by atoms with Gasteiger partial charge in [0, 0.05) is 38.5 Å². The molecule has 0 aromatic carbocycles. The summed E-state index contributed by atoms with van der Waals surface area (Å²) < 4.78 is 11.6. The Morgan fingerprint density at radius 3 is 0.895 bits per heavy atom. The van der Waals surface area contributed by atoms with E-state index in [1.54, 1.807) is 0 Å². The monoisotopic (exact) mass is 791 g/mol. The molecule has 0 N–H and O–H groups in total. The Bertz CT molecular complexity index is 1100. The molecule has 0 unspecified atom stereocenters. The summed E-state index contributed by atoms with van der Waals surface area (Å²) in [6.07, 6.45) is 39.3. The van der Waals surface area contributed by atoms with Gasteiger partial charge in [-0.05, 0) is 62.2 Å². The van der Waals surface area contributed by atoms with Gasteiger partial charge in [-0.15, -0.1) is 0 Å². The third-order valence-electron chi connectivity index (χ3n) is 10.6. The fourth-order valence-electron chi connectivity index (χ4n) is 6.57. The smallest absolute Gasteiger partial charge is 0.305 e. The van der Waals surface area contributed by atoms with Gasteiger partial charge in [-0.2, -0.15) is 0 Å². The van der Waals surface area contributed by atoms with E-state index in [9.17, 15) is 9.59 Å². The third-order valence-corrected chi connectivity index (χ3v) is 10.6. The van der Waals surface area contributed by atoms with Crippen molar-refractivity contribution in [1.82, 2.24) is 0 Å². The van der Waals surface area contributed by atoms with Crippen LogP contribution in [0.15, 0.2) is 0 Å². The van der Waals surface area contributed by atoms with Crippen LogP contribution in [0.1, 0.15) is 232 Å². The minimum atomic E-state index is -0.112. The number of esters is 2. The van der Waals surface area contributed by atoms with E-state index in [1.807, 2.05) is 0 Å². The Kier molecular flexibility index (Phi) is 42.0. The minimum absolute atomic E-state index is 0.112. The number of likely N-dealkylation sites (N-methyl/N-ethyl adjacent to an activating group) is 1. The first-order valence-electron chi connectivity index (χ1n) is 24.0. The van der Waals surface area contributed by atoms with Crippen molar-refractivity contribution in [2.45, 2.75) is 232 Å². The molecule has 0 aromatic rings. The van der Waals surface area contributed by atoms with Gasteiger partial charge in [0.2, 0.25) is 0 Å². The number of quaternary nitrogens is 1. The first-order chi connectivity index (χ1) is 27.9. The van der Waals surface area contributed by atoms with Crippen LogP contribution in [0.2, 0.25) is 0 Å². The second-order valence-corrected chi connectivity index (χ2v) is 16.7. The molecule has 0 heterocycles. The van der Waals surface area contributed by atoms with Crippen LogP contribution in [0.25, 0.3) is 0 Å². The molecule has 5 heteroatoms. The average molecular weight is 791 g/mol. The first-order valence-corrected chi connectivity index (χ1v) is 24.0. The summed E-state index contributed by atoms with van der Waals surface area (Å²) in [5.74, 6) is 24.6. The van der Waals surface area contributed by atoms with Crippen molar-refractivity contribution in [2.75, 3.05) is 40.4 Å². The van der Waals surface area contributed by atoms with Gasteiger partial charge in [-0.3, -0.25) is 9.59 Å². The van der Waals surface area contributed by atoms with Gasteiger partial charge in [-0.1, -0.05) is 179 Å². The Balaban J connectivity index is 3.59. The van der Waals surface area contributed by atoms with Crippen LogP contribution in [0, 0.1) is 47.4 Å². The first kappa shape index (κ1) is 54.1. The maximum atomic E-state index is 12.2. The molecule has 0 bridgehead atoms. The zero-order chi connectivity index (χ0) is 41.6. The van der Waals surface area contributed by atoms with Gasteiger partial charge < -0.3 is 14.0 Å². The second-order valence-electron chi connectivity index (χ2n) is 16.7. The van der Waals surface area contributed by atoms with E-state index in [4.69, 9.17) is 9.47 Å². The van der Waals surface area contributed by atoms with Crippen molar-refractivity contribution in [3.05, 3.63) is 0 Å². The number of ether oxygens (including phenoxy) is 2. The van der Waals surface area contributed by atoms with Crippen LogP contribution in [0.5, 0.6) is 0 Å². The molecule has 0 aliphatic rings. The molecule has 0 atom stereocenters. The third kappa shape index (κ3) is 45.7. The number of rotatable bonds is 38. The molecule has 0 rings (SSSR count). The molecule has 0 amide bonds. The molecule has 0 saturated carbocycles. The summed E-state index contributed by atoms with van der Waals surface area (Å²) in [5, 5.41) is 0. The molecule has 0 spiro atoms. The number of carbonyl (C=O) groups excluding carboxylic acids is 2. The van der Waals surface area contributed by atoms with E-state index < -0.39 is 0 Å². The lowest BCUT2D eigenvalue weighted by Crippen LogP contribution is -2.45. The van der Waals surface area contributed by atoms with E-state index in [0.717, 1.165) is 77.0 Å². The quantitative estimate of drug-likeness (QED) is 0.0270. The van der Waals surface area contributed by atoms with Gasteiger partial charge in [0.05, 0.1) is 14.1 Å². The highest BCUT2D eigenvalue weighted by molar-refractivity contribution is 5.69. The zero-order valence-electron chi connectivity index (χ0n) is 38.0. The molecule has 57 heavy (non-hydrogen) atoms. The molecule has 0 aliphatic carbocycles. The van der Waals surface area contributed by atoms with Crippen molar-refractivity contribution < 1.29 is 23.5 Å². The van der Waals surface area contributed by atoms with Crippen molar-refractivity contribution >= 4 is 11.9 Å². The van der Waals surface area contributed by atoms with E-state index in [1.165, 1.54) is 128 Å². The molecule has 0 fully saturated rings. The summed E-state index contributed by atoms with van der Waals surface area (Å²) in [7, 11) is 4.16. The van der Waals surface area contributed by atoms with E-state index in [0.29, 0.717) is 43.6 Å². The summed E-state index contributed by atoms with van der Waals surface area (Å²) in [5.41, 5.74) is 0. The Morgan fingerprint density at radius 1 is 0.368 bits per heavy atom. The summed E-state index contributed by atoms with van der Waals surface area (Å²) in [6, 6.07) is 0. The number of hydrogen-bond donors (Lipinski definition) is 0. The summed E-state index contributed by atoms with van der Waals surface area (Å²) >= 11 is 0. The highest BCUT2D eigenvalue weighted by Gasteiger charge is 2.17. The second kappa shape index (κ2) is 44.2. The van der Waals surface area contributed by atoms with Crippen LogP contribution in [-0.4, -0.2) is 56.8 Å². The fraction of sp³-hybridized carbons (Fsp3) is 0.808. The number of hydrogen-bond acceptors (Lipinski definition) is 4. The molecule has 0 aliphatic heterocycles. The molecule has 5 nitrogen and oxygen atoms in total. The van der Waals surface area contributed by atoms with Gasteiger partial charge in [0.15, 0.2) is 0 Å². The lowest BCUT2D eigenvalue weighted by Gasteiger charge is -2.29. The predicted molar refractivity (Wildman–Crippen MR) is 243 cm³/mol. The van der Waals surface area contributed by atoms with E-state index in [-0.39, 0.29) is 11.9 Å². The highest BCUT2D eigenvalue weighted by Crippen LogP contribution is 2.12. The fourth-order valence-corrected chi connectivity index (χ4v) is 6.57. The van der Waals surface area contributed by atoms with E-state index in [2.05, 4.69) is 75.3 Å². The van der Waals surface area contributed by atoms with Gasteiger partial charge in [-0.25, -0.2) is 0 Å². The molecule has 0 aromatic heterocycles. The summed E-state index contributed by atoms with van der Waals surface area (Å²) in [6.45, 7) is 6.72. The van der Waals surface area contributed by atoms with Crippen molar-refractivity contribution in [1.29, 1.82) is 0 Å². The zero-order valence-corrected chi connectivity index (χ0v) is 38.0.